The van der Waals surface area contributed by atoms with Gasteiger partial charge in [-0.25, -0.2) is 0 Å². The molecule has 0 N–H and O–H groups in total. The van der Waals surface area contributed by atoms with Gasteiger partial charge in [-0.05, 0) is 12.1 Å². The molecule has 88 valence electrons. The second-order valence-electron chi connectivity index (χ2n) is 1.35. The van der Waals surface area contributed by atoms with E-state index >= 15 is 0 Å². The molecule has 1 heterocycles. The minimum atomic E-state index is 2.00. The van der Waals surface area contributed by atoms with Crippen LogP contribution in [0.4, 0.5) is 0 Å². The van der Waals surface area contributed by atoms with Crippen LogP contribution in [-0.2, 0) is 7.05 Å². The molecule has 0 saturated heterocycles. The van der Waals surface area contributed by atoms with Crippen LogP contribution in [0.15, 0.2) is 24.5 Å². The first kappa shape index (κ1) is 23.3. The summed E-state index contributed by atoms with van der Waals surface area (Å²) >= 11 is 0. The van der Waals surface area contributed by atoms with Gasteiger partial charge >= 0.3 is 0 Å². The van der Waals surface area contributed by atoms with Gasteiger partial charge in [-0.15, -0.1) is 0 Å². The SMILES string of the molecule is CC.CC.CC.CC.Cn1cccc1. The summed E-state index contributed by atoms with van der Waals surface area (Å²) in [6.45, 7) is 16.0. The maximum absolute atomic E-state index is 2.00. The molecule has 1 rings (SSSR count). The van der Waals surface area contributed by atoms with Gasteiger partial charge in [0.2, 0.25) is 0 Å². The van der Waals surface area contributed by atoms with Crippen molar-refractivity contribution in [3.8, 4) is 0 Å². The molecule has 0 aliphatic rings. The van der Waals surface area contributed by atoms with Crippen molar-refractivity contribution in [3.63, 3.8) is 0 Å². The van der Waals surface area contributed by atoms with Crippen LogP contribution >= 0.6 is 0 Å². The van der Waals surface area contributed by atoms with Gasteiger partial charge in [0.1, 0.15) is 0 Å². The molecule has 0 radical (unpaired) electrons. The Morgan fingerprint density at radius 1 is 0.571 bits per heavy atom. The number of rotatable bonds is 0. The summed E-state index contributed by atoms with van der Waals surface area (Å²) in [6.07, 6.45) is 4.00. The van der Waals surface area contributed by atoms with E-state index in [4.69, 9.17) is 0 Å². The van der Waals surface area contributed by atoms with Gasteiger partial charge in [-0.1, -0.05) is 55.4 Å². The zero-order valence-corrected chi connectivity index (χ0v) is 11.8. The molecule has 0 atom stereocenters. The van der Waals surface area contributed by atoms with Crippen LogP contribution in [0, 0.1) is 0 Å². The third kappa shape index (κ3) is 30.2. The van der Waals surface area contributed by atoms with E-state index in [1.807, 2.05) is 91.5 Å². The Kier molecular flexibility index (Phi) is 65.8. The molecule has 0 spiro atoms. The summed E-state index contributed by atoms with van der Waals surface area (Å²) in [5.74, 6) is 0. The summed E-state index contributed by atoms with van der Waals surface area (Å²) in [6, 6.07) is 4.00. The third-order valence-corrected chi connectivity index (χ3v) is 0.754. The zero-order chi connectivity index (χ0) is 12.4. The van der Waals surface area contributed by atoms with Crippen molar-refractivity contribution < 1.29 is 0 Å². The van der Waals surface area contributed by atoms with E-state index in [-0.39, 0.29) is 0 Å². The normalized spacial score (nSPS) is 5.50. The lowest BCUT2D eigenvalue weighted by Gasteiger charge is -1.79. The first-order valence-electron chi connectivity index (χ1n) is 5.96. The maximum atomic E-state index is 2.00. The molecule has 1 aromatic rings. The van der Waals surface area contributed by atoms with Crippen LogP contribution in [0.3, 0.4) is 0 Å². The Balaban J connectivity index is -0.0000000542. The molecule has 0 bridgehead atoms. The van der Waals surface area contributed by atoms with Crippen LogP contribution in [0.1, 0.15) is 55.4 Å². The minimum Gasteiger partial charge on any atom is -0.357 e. The van der Waals surface area contributed by atoms with Gasteiger partial charge in [-0.2, -0.15) is 0 Å². The Hall–Kier alpha value is -0.720. The lowest BCUT2D eigenvalue weighted by atomic mass is 10.7. The fraction of sp³-hybridized carbons (Fsp3) is 0.692. The second-order valence-corrected chi connectivity index (χ2v) is 1.35. The molecule has 0 fully saturated rings. The smallest absolute Gasteiger partial charge is 0.0106 e. The number of hydrogen-bond donors (Lipinski definition) is 0. The van der Waals surface area contributed by atoms with Crippen molar-refractivity contribution in [2.45, 2.75) is 55.4 Å². The largest absolute Gasteiger partial charge is 0.357 e. The van der Waals surface area contributed by atoms with Crippen molar-refractivity contribution in [3.05, 3.63) is 24.5 Å². The van der Waals surface area contributed by atoms with Crippen molar-refractivity contribution in [2.24, 2.45) is 7.05 Å². The standard InChI is InChI=1S/C5H7N.4C2H6/c1-6-4-2-3-5-6;4*1-2/h2-5H,1H3;4*1-2H3. The summed E-state index contributed by atoms with van der Waals surface area (Å²) < 4.78 is 2.00. The Bertz CT molecular complexity index is 109. The molecule has 0 aromatic carbocycles. The van der Waals surface area contributed by atoms with Gasteiger partial charge in [0.25, 0.3) is 0 Å². The molecular weight excluding hydrogens is 170 g/mol. The first-order chi connectivity index (χ1) is 6.89. The summed E-state index contributed by atoms with van der Waals surface area (Å²) in [4.78, 5) is 0. The monoisotopic (exact) mass is 201 g/mol. The highest BCUT2D eigenvalue weighted by Gasteiger charge is 1.68. The van der Waals surface area contributed by atoms with E-state index in [2.05, 4.69) is 0 Å². The lowest BCUT2D eigenvalue weighted by Crippen LogP contribution is -1.75. The van der Waals surface area contributed by atoms with E-state index in [9.17, 15) is 0 Å². The fourth-order valence-corrected chi connectivity index (χ4v) is 0.421. The fourth-order valence-electron chi connectivity index (χ4n) is 0.421. The van der Waals surface area contributed by atoms with Crippen LogP contribution in [-0.4, -0.2) is 4.57 Å². The number of aryl methyl sites for hydroxylation is 1. The van der Waals surface area contributed by atoms with Crippen LogP contribution in [0.5, 0.6) is 0 Å². The van der Waals surface area contributed by atoms with Crippen LogP contribution < -0.4 is 0 Å². The molecule has 0 aliphatic carbocycles. The molecule has 1 aromatic heterocycles. The molecule has 1 heteroatoms. The number of aromatic nitrogens is 1. The highest BCUT2D eigenvalue weighted by molar-refractivity contribution is 4.88. The predicted molar refractivity (Wildman–Crippen MR) is 70.8 cm³/mol. The van der Waals surface area contributed by atoms with Crippen LogP contribution in [0.25, 0.3) is 0 Å². The Morgan fingerprint density at radius 3 is 0.857 bits per heavy atom. The molecule has 0 aliphatic heterocycles. The highest BCUT2D eigenvalue weighted by Crippen LogP contribution is 1.80. The van der Waals surface area contributed by atoms with Crippen molar-refractivity contribution in [1.29, 1.82) is 0 Å². The van der Waals surface area contributed by atoms with Gasteiger partial charge in [0.15, 0.2) is 0 Å². The van der Waals surface area contributed by atoms with Gasteiger partial charge in [-0.3, -0.25) is 0 Å². The predicted octanol–water partition coefficient (Wildman–Crippen LogP) is 5.13. The minimum absolute atomic E-state index is 2.00. The average molecular weight is 201 g/mol. The lowest BCUT2D eigenvalue weighted by molar-refractivity contribution is 0.928. The molecule has 1 nitrogen and oxygen atoms in total. The van der Waals surface area contributed by atoms with E-state index in [0.29, 0.717) is 0 Å². The van der Waals surface area contributed by atoms with Crippen molar-refractivity contribution >= 4 is 0 Å². The molecule has 0 amide bonds. The Labute approximate surface area is 92.2 Å². The molecule has 14 heavy (non-hydrogen) atoms. The maximum Gasteiger partial charge on any atom is 0.0106 e. The van der Waals surface area contributed by atoms with E-state index in [0.717, 1.165) is 0 Å². The van der Waals surface area contributed by atoms with Gasteiger partial charge in [0, 0.05) is 19.4 Å². The zero-order valence-electron chi connectivity index (χ0n) is 11.8. The van der Waals surface area contributed by atoms with Crippen LogP contribution in [0.2, 0.25) is 0 Å². The van der Waals surface area contributed by atoms with E-state index in [1.54, 1.807) is 0 Å². The number of hydrogen-bond acceptors (Lipinski definition) is 0. The third-order valence-electron chi connectivity index (χ3n) is 0.754. The first-order valence-corrected chi connectivity index (χ1v) is 5.96. The second kappa shape index (κ2) is 39.6. The van der Waals surface area contributed by atoms with Crippen molar-refractivity contribution in [1.82, 2.24) is 4.57 Å². The summed E-state index contributed by atoms with van der Waals surface area (Å²) in [7, 11) is 2.00. The Morgan fingerprint density at radius 2 is 0.786 bits per heavy atom. The van der Waals surface area contributed by atoms with Gasteiger partial charge in [0.05, 0.1) is 0 Å². The van der Waals surface area contributed by atoms with E-state index in [1.165, 1.54) is 0 Å². The number of nitrogens with zero attached hydrogens (tertiary/aromatic N) is 1. The molecule has 0 saturated carbocycles. The quantitative estimate of drug-likeness (QED) is 0.548. The van der Waals surface area contributed by atoms with Gasteiger partial charge < -0.3 is 4.57 Å². The summed E-state index contributed by atoms with van der Waals surface area (Å²) in [5, 5.41) is 0. The molecular formula is C13H31N. The average Bonchev–Trinajstić information content (AvgIpc) is 2.80. The van der Waals surface area contributed by atoms with E-state index < -0.39 is 0 Å². The molecule has 0 unspecified atom stereocenters. The summed E-state index contributed by atoms with van der Waals surface area (Å²) in [5.41, 5.74) is 0. The highest BCUT2D eigenvalue weighted by atomic mass is 14.9. The topological polar surface area (TPSA) is 4.93 Å². The van der Waals surface area contributed by atoms with Crippen molar-refractivity contribution in [2.75, 3.05) is 0 Å².